The molecule has 0 aromatic carbocycles. The summed E-state index contributed by atoms with van der Waals surface area (Å²) in [6.07, 6.45) is 3.23. The van der Waals surface area contributed by atoms with Crippen LogP contribution < -0.4 is 0 Å². The smallest absolute Gasteiger partial charge is 0.138 e. The van der Waals surface area contributed by atoms with Gasteiger partial charge in [-0.15, -0.1) is 10.2 Å². The van der Waals surface area contributed by atoms with E-state index in [4.69, 9.17) is 4.74 Å². The number of hydrogen-bond acceptors (Lipinski definition) is 3. The van der Waals surface area contributed by atoms with Gasteiger partial charge in [-0.05, 0) is 27.2 Å². The predicted molar refractivity (Wildman–Crippen MR) is 53.2 cm³/mol. The highest BCUT2D eigenvalue weighted by Crippen LogP contribution is 2.28. The summed E-state index contributed by atoms with van der Waals surface area (Å²) in [5, 5.41) is 8.16. The van der Waals surface area contributed by atoms with Gasteiger partial charge >= 0.3 is 0 Å². The second-order valence-electron chi connectivity index (χ2n) is 4.27. The fourth-order valence-corrected chi connectivity index (χ4v) is 1.94. The van der Waals surface area contributed by atoms with Gasteiger partial charge in [-0.1, -0.05) is 0 Å². The minimum Gasteiger partial charge on any atom is -0.378 e. The zero-order valence-electron chi connectivity index (χ0n) is 8.97. The first kappa shape index (κ1) is 9.65. The van der Waals surface area contributed by atoms with E-state index in [1.54, 1.807) is 0 Å². The number of ether oxygens (including phenoxy) is 1. The third-order valence-electron chi connectivity index (χ3n) is 2.72. The summed E-state index contributed by atoms with van der Waals surface area (Å²) < 4.78 is 7.67. The van der Waals surface area contributed by atoms with Gasteiger partial charge in [0.05, 0.1) is 12.7 Å². The summed E-state index contributed by atoms with van der Waals surface area (Å²) in [6.45, 7) is 7.18. The lowest BCUT2D eigenvalue weighted by Gasteiger charge is -2.13. The van der Waals surface area contributed by atoms with Crippen molar-refractivity contribution < 1.29 is 4.74 Å². The highest BCUT2D eigenvalue weighted by atomic mass is 16.5. The van der Waals surface area contributed by atoms with E-state index in [9.17, 15) is 0 Å². The Hall–Kier alpha value is -0.900. The normalized spacial score (nSPS) is 27.4. The van der Waals surface area contributed by atoms with Crippen molar-refractivity contribution in [2.45, 2.75) is 45.3 Å². The number of aromatic nitrogens is 3. The van der Waals surface area contributed by atoms with E-state index in [1.807, 2.05) is 6.33 Å². The van der Waals surface area contributed by atoms with Crippen LogP contribution in [0.25, 0.3) is 0 Å². The monoisotopic (exact) mass is 195 g/mol. The molecule has 1 aliphatic rings. The summed E-state index contributed by atoms with van der Waals surface area (Å²) in [4.78, 5) is 0. The molecule has 0 spiro atoms. The number of rotatable bonds is 2. The van der Waals surface area contributed by atoms with Gasteiger partial charge in [0.25, 0.3) is 0 Å². The van der Waals surface area contributed by atoms with Crippen LogP contribution >= 0.6 is 0 Å². The highest BCUT2D eigenvalue weighted by Gasteiger charge is 2.27. The molecule has 14 heavy (non-hydrogen) atoms. The molecule has 2 unspecified atom stereocenters. The lowest BCUT2D eigenvalue weighted by Crippen LogP contribution is -2.10. The van der Waals surface area contributed by atoms with Crippen LogP contribution in [-0.4, -0.2) is 27.5 Å². The zero-order valence-corrected chi connectivity index (χ0v) is 8.97. The summed E-state index contributed by atoms with van der Waals surface area (Å²) in [5.74, 6) is 1.50. The molecule has 2 heterocycles. The van der Waals surface area contributed by atoms with E-state index < -0.39 is 0 Å². The molecule has 4 heteroatoms. The lowest BCUT2D eigenvalue weighted by molar-refractivity contribution is 0.123. The number of nitrogens with zero attached hydrogens (tertiary/aromatic N) is 3. The van der Waals surface area contributed by atoms with E-state index in [-0.39, 0.29) is 0 Å². The van der Waals surface area contributed by atoms with Gasteiger partial charge in [-0.3, -0.25) is 0 Å². The summed E-state index contributed by atoms with van der Waals surface area (Å²) in [6, 6.07) is 0.427. The molecule has 2 atom stereocenters. The molecule has 1 aromatic rings. The third kappa shape index (κ3) is 1.66. The van der Waals surface area contributed by atoms with E-state index in [2.05, 4.69) is 35.5 Å². The van der Waals surface area contributed by atoms with Crippen LogP contribution in [0, 0.1) is 0 Å². The Morgan fingerprint density at radius 3 is 2.93 bits per heavy atom. The molecule has 2 rings (SSSR count). The Morgan fingerprint density at radius 2 is 2.36 bits per heavy atom. The predicted octanol–water partition coefficient (Wildman–Crippen LogP) is 1.75. The Morgan fingerprint density at radius 1 is 1.57 bits per heavy atom. The minimum atomic E-state index is 0.359. The van der Waals surface area contributed by atoms with E-state index >= 15 is 0 Å². The third-order valence-corrected chi connectivity index (χ3v) is 2.72. The SMILES string of the molecule is CC1CC(c2nncn2C(C)C)CO1. The van der Waals surface area contributed by atoms with Gasteiger partial charge in [0.1, 0.15) is 12.2 Å². The second kappa shape index (κ2) is 3.69. The van der Waals surface area contributed by atoms with E-state index in [0.717, 1.165) is 18.9 Å². The molecule has 0 aliphatic carbocycles. The minimum absolute atomic E-state index is 0.359. The fourth-order valence-electron chi connectivity index (χ4n) is 1.94. The molecule has 1 saturated heterocycles. The molecular weight excluding hydrogens is 178 g/mol. The fraction of sp³-hybridized carbons (Fsp3) is 0.800. The second-order valence-corrected chi connectivity index (χ2v) is 4.27. The zero-order chi connectivity index (χ0) is 10.1. The van der Waals surface area contributed by atoms with Gasteiger partial charge in [-0.2, -0.15) is 0 Å². The van der Waals surface area contributed by atoms with Crippen molar-refractivity contribution in [2.75, 3.05) is 6.61 Å². The largest absolute Gasteiger partial charge is 0.378 e. The maximum Gasteiger partial charge on any atom is 0.138 e. The van der Waals surface area contributed by atoms with Crippen molar-refractivity contribution in [1.29, 1.82) is 0 Å². The molecule has 1 aliphatic heterocycles. The topological polar surface area (TPSA) is 39.9 Å². The molecule has 0 bridgehead atoms. The van der Waals surface area contributed by atoms with Crippen molar-refractivity contribution in [3.8, 4) is 0 Å². The Bertz CT molecular complexity index is 308. The molecule has 0 saturated carbocycles. The van der Waals surface area contributed by atoms with Crippen LogP contribution in [0.15, 0.2) is 6.33 Å². The van der Waals surface area contributed by atoms with Gasteiger partial charge < -0.3 is 9.30 Å². The Balaban J connectivity index is 2.19. The van der Waals surface area contributed by atoms with Crippen LogP contribution in [0.5, 0.6) is 0 Å². The lowest BCUT2D eigenvalue weighted by atomic mass is 10.1. The number of hydrogen-bond donors (Lipinski definition) is 0. The molecular formula is C10H17N3O. The molecule has 0 amide bonds. The van der Waals surface area contributed by atoms with Crippen LogP contribution in [0.4, 0.5) is 0 Å². The quantitative estimate of drug-likeness (QED) is 0.721. The van der Waals surface area contributed by atoms with Gasteiger partial charge in [0.15, 0.2) is 0 Å². The van der Waals surface area contributed by atoms with Crippen LogP contribution in [-0.2, 0) is 4.74 Å². The maximum absolute atomic E-state index is 5.54. The molecule has 1 fully saturated rings. The van der Waals surface area contributed by atoms with Crippen molar-refractivity contribution in [3.05, 3.63) is 12.2 Å². The molecule has 0 radical (unpaired) electrons. The highest BCUT2D eigenvalue weighted by molar-refractivity contribution is 5.00. The van der Waals surface area contributed by atoms with Gasteiger partial charge in [0, 0.05) is 12.0 Å². The molecule has 78 valence electrons. The van der Waals surface area contributed by atoms with Crippen LogP contribution in [0.2, 0.25) is 0 Å². The average molecular weight is 195 g/mol. The standard InChI is InChI=1S/C10H17N3O/c1-7(2)13-6-11-12-10(13)9-4-8(3)14-5-9/h6-9H,4-5H2,1-3H3. The first-order valence-electron chi connectivity index (χ1n) is 5.19. The average Bonchev–Trinajstić information content (AvgIpc) is 2.70. The maximum atomic E-state index is 5.54. The van der Waals surface area contributed by atoms with Crippen LogP contribution in [0.1, 0.15) is 45.0 Å². The summed E-state index contributed by atoms with van der Waals surface area (Å²) in [7, 11) is 0. The van der Waals surface area contributed by atoms with E-state index in [1.165, 1.54) is 0 Å². The molecule has 0 N–H and O–H groups in total. The molecule has 1 aromatic heterocycles. The van der Waals surface area contributed by atoms with Crippen molar-refractivity contribution in [3.63, 3.8) is 0 Å². The summed E-state index contributed by atoms with van der Waals surface area (Å²) in [5.41, 5.74) is 0. The Kier molecular flexibility index (Phi) is 2.54. The van der Waals surface area contributed by atoms with Crippen LogP contribution in [0.3, 0.4) is 0 Å². The molecule has 4 nitrogen and oxygen atoms in total. The van der Waals surface area contributed by atoms with Gasteiger partial charge in [-0.25, -0.2) is 0 Å². The Labute approximate surface area is 84.3 Å². The van der Waals surface area contributed by atoms with Crippen molar-refractivity contribution in [2.24, 2.45) is 0 Å². The van der Waals surface area contributed by atoms with Crippen molar-refractivity contribution in [1.82, 2.24) is 14.8 Å². The first-order valence-corrected chi connectivity index (χ1v) is 5.19. The van der Waals surface area contributed by atoms with E-state index in [0.29, 0.717) is 18.1 Å². The van der Waals surface area contributed by atoms with Crippen molar-refractivity contribution >= 4 is 0 Å². The summed E-state index contributed by atoms with van der Waals surface area (Å²) >= 11 is 0. The van der Waals surface area contributed by atoms with Gasteiger partial charge in [0.2, 0.25) is 0 Å². The first-order chi connectivity index (χ1) is 6.68.